The average molecular weight is 329 g/mol. The molecule has 5 nitrogen and oxygen atoms in total. The number of nitrogens with zero attached hydrogens (tertiary/aromatic N) is 1. The molecule has 2 saturated heterocycles. The van der Waals surface area contributed by atoms with Crippen molar-refractivity contribution in [3.63, 3.8) is 0 Å². The number of carbonyl (C=O) groups excluding carboxylic acids is 2. The first-order valence-corrected chi connectivity index (χ1v) is 9.10. The number of hydrogen-bond donors (Lipinski definition) is 2. The summed E-state index contributed by atoms with van der Waals surface area (Å²) in [6.07, 6.45) is 5.21. The number of likely N-dealkylation sites (tertiary alicyclic amines) is 1. The van der Waals surface area contributed by atoms with Gasteiger partial charge in [0.1, 0.15) is 0 Å². The minimum absolute atomic E-state index is 0.0621. The lowest BCUT2D eigenvalue weighted by Crippen LogP contribution is -2.53. The Bertz CT molecular complexity index is 555. The first-order valence-electron chi connectivity index (χ1n) is 9.10. The first kappa shape index (κ1) is 17.0. The molecule has 5 heteroatoms. The fourth-order valence-corrected chi connectivity index (χ4v) is 3.70. The molecule has 0 saturated carbocycles. The normalized spacial score (nSPS) is 24.4. The van der Waals surface area contributed by atoms with Crippen molar-refractivity contribution in [1.29, 1.82) is 0 Å². The molecule has 3 rings (SSSR count). The average Bonchev–Trinajstić information content (AvgIpc) is 2.67. The molecule has 130 valence electrons. The van der Waals surface area contributed by atoms with Gasteiger partial charge >= 0.3 is 0 Å². The van der Waals surface area contributed by atoms with Gasteiger partial charge in [0.05, 0.1) is 5.92 Å². The van der Waals surface area contributed by atoms with Gasteiger partial charge in [0.2, 0.25) is 5.91 Å². The van der Waals surface area contributed by atoms with Gasteiger partial charge in [-0.2, -0.15) is 0 Å². The summed E-state index contributed by atoms with van der Waals surface area (Å²) in [4.78, 5) is 27.1. The molecule has 2 aliphatic rings. The van der Waals surface area contributed by atoms with Crippen molar-refractivity contribution >= 4 is 11.8 Å². The second kappa shape index (κ2) is 8.29. The van der Waals surface area contributed by atoms with Crippen LogP contribution in [0.5, 0.6) is 0 Å². The lowest BCUT2D eigenvalue weighted by molar-refractivity contribution is -0.139. The molecule has 2 unspecified atom stereocenters. The van der Waals surface area contributed by atoms with Gasteiger partial charge in [0, 0.05) is 31.2 Å². The van der Waals surface area contributed by atoms with E-state index < -0.39 is 0 Å². The second-order valence-corrected chi connectivity index (χ2v) is 6.80. The molecule has 24 heavy (non-hydrogen) atoms. The van der Waals surface area contributed by atoms with Crippen LogP contribution in [0.3, 0.4) is 0 Å². The third kappa shape index (κ3) is 4.15. The van der Waals surface area contributed by atoms with Crippen LogP contribution in [0.1, 0.15) is 42.5 Å². The van der Waals surface area contributed by atoms with Crippen molar-refractivity contribution in [3.8, 4) is 0 Å². The summed E-state index contributed by atoms with van der Waals surface area (Å²) in [5.74, 6) is 0.304. The summed E-state index contributed by atoms with van der Waals surface area (Å²) in [7, 11) is 0. The second-order valence-electron chi connectivity index (χ2n) is 6.80. The van der Waals surface area contributed by atoms with E-state index in [1.54, 1.807) is 0 Å². The Hall–Kier alpha value is -1.88. The van der Waals surface area contributed by atoms with Crippen molar-refractivity contribution in [2.24, 2.45) is 5.92 Å². The molecule has 2 amide bonds. The molecule has 1 aromatic carbocycles. The van der Waals surface area contributed by atoms with Gasteiger partial charge in [-0.3, -0.25) is 9.59 Å². The third-order valence-corrected chi connectivity index (χ3v) is 5.09. The summed E-state index contributed by atoms with van der Waals surface area (Å²) in [5, 5.41) is 6.33. The van der Waals surface area contributed by atoms with E-state index in [2.05, 4.69) is 10.6 Å². The minimum atomic E-state index is -0.0621. The predicted octanol–water partition coefficient (Wildman–Crippen LogP) is 1.80. The fourth-order valence-electron chi connectivity index (χ4n) is 3.70. The first-order chi connectivity index (χ1) is 11.8. The molecule has 2 aliphatic heterocycles. The van der Waals surface area contributed by atoms with Gasteiger partial charge in [-0.1, -0.05) is 18.2 Å². The zero-order chi connectivity index (χ0) is 16.8. The predicted molar refractivity (Wildman–Crippen MR) is 93.7 cm³/mol. The van der Waals surface area contributed by atoms with E-state index in [0.717, 1.165) is 51.7 Å². The molecule has 2 atom stereocenters. The Kier molecular flexibility index (Phi) is 5.86. The number of amides is 2. The molecule has 1 aromatic rings. The van der Waals surface area contributed by atoms with Crippen LogP contribution in [0.4, 0.5) is 0 Å². The van der Waals surface area contributed by atoms with Crippen LogP contribution in [-0.4, -0.2) is 48.9 Å². The van der Waals surface area contributed by atoms with Crippen LogP contribution in [-0.2, 0) is 4.79 Å². The van der Waals surface area contributed by atoms with Crippen LogP contribution >= 0.6 is 0 Å². The van der Waals surface area contributed by atoms with Crippen molar-refractivity contribution in [2.75, 3.05) is 26.2 Å². The Labute approximate surface area is 143 Å². The smallest absolute Gasteiger partial charge is 0.251 e. The largest absolute Gasteiger partial charge is 0.350 e. The molecule has 0 bridgehead atoms. The summed E-state index contributed by atoms with van der Waals surface area (Å²) in [6.45, 7) is 3.17. The zero-order valence-electron chi connectivity index (χ0n) is 14.2. The highest BCUT2D eigenvalue weighted by Gasteiger charge is 2.32. The topological polar surface area (TPSA) is 61.4 Å². The van der Waals surface area contributed by atoms with Gasteiger partial charge in [0.15, 0.2) is 0 Å². The fraction of sp³-hybridized carbons (Fsp3) is 0.579. The van der Waals surface area contributed by atoms with Crippen LogP contribution in [0.25, 0.3) is 0 Å². The van der Waals surface area contributed by atoms with E-state index in [0.29, 0.717) is 12.1 Å². The maximum Gasteiger partial charge on any atom is 0.251 e. The standard InChI is InChI=1S/C19H27N3O2/c23-18(15-7-2-1-3-8-15)21-14-17-10-4-5-12-22(17)19(24)16-9-6-11-20-13-16/h1-3,7-8,16-17,20H,4-6,9-14H2,(H,21,23). The molecule has 0 aliphatic carbocycles. The minimum Gasteiger partial charge on any atom is -0.350 e. The third-order valence-electron chi connectivity index (χ3n) is 5.09. The lowest BCUT2D eigenvalue weighted by Gasteiger charge is -2.38. The van der Waals surface area contributed by atoms with Crippen LogP contribution in [0.2, 0.25) is 0 Å². The van der Waals surface area contributed by atoms with Crippen molar-refractivity contribution in [2.45, 2.75) is 38.1 Å². The van der Waals surface area contributed by atoms with Crippen molar-refractivity contribution < 1.29 is 9.59 Å². The number of benzene rings is 1. The Morgan fingerprint density at radius 3 is 2.71 bits per heavy atom. The number of nitrogens with one attached hydrogen (secondary N) is 2. The Morgan fingerprint density at radius 1 is 1.12 bits per heavy atom. The molecule has 2 N–H and O–H groups in total. The van der Waals surface area contributed by atoms with Gasteiger partial charge in [0.25, 0.3) is 5.91 Å². The van der Waals surface area contributed by atoms with Crippen LogP contribution in [0, 0.1) is 5.92 Å². The van der Waals surface area contributed by atoms with E-state index in [1.165, 1.54) is 0 Å². The molecule has 2 fully saturated rings. The maximum absolute atomic E-state index is 12.9. The maximum atomic E-state index is 12.9. The van der Waals surface area contributed by atoms with E-state index in [1.807, 2.05) is 35.2 Å². The van der Waals surface area contributed by atoms with Crippen molar-refractivity contribution in [3.05, 3.63) is 35.9 Å². The lowest BCUT2D eigenvalue weighted by atomic mass is 9.94. The van der Waals surface area contributed by atoms with Gasteiger partial charge in [-0.15, -0.1) is 0 Å². The summed E-state index contributed by atoms with van der Waals surface area (Å²) < 4.78 is 0. The van der Waals surface area contributed by atoms with E-state index in [-0.39, 0.29) is 23.8 Å². The monoisotopic (exact) mass is 329 g/mol. The molecular formula is C19H27N3O2. The highest BCUT2D eigenvalue weighted by atomic mass is 16.2. The highest BCUT2D eigenvalue weighted by molar-refractivity contribution is 5.94. The van der Waals surface area contributed by atoms with Gasteiger partial charge < -0.3 is 15.5 Å². The quantitative estimate of drug-likeness (QED) is 0.885. The molecular weight excluding hydrogens is 302 g/mol. The molecule has 0 radical (unpaired) electrons. The van der Waals surface area contributed by atoms with Crippen LogP contribution < -0.4 is 10.6 Å². The number of piperidine rings is 2. The van der Waals surface area contributed by atoms with E-state index >= 15 is 0 Å². The SMILES string of the molecule is O=C(NCC1CCCCN1C(=O)C1CCCNC1)c1ccccc1. The van der Waals surface area contributed by atoms with Gasteiger partial charge in [-0.05, 0) is 50.8 Å². The number of hydrogen-bond acceptors (Lipinski definition) is 3. The Balaban J connectivity index is 1.58. The Morgan fingerprint density at radius 2 is 1.96 bits per heavy atom. The highest BCUT2D eigenvalue weighted by Crippen LogP contribution is 2.22. The zero-order valence-corrected chi connectivity index (χ0v) is 14.2. The van der Waals surface area contributed by atoms with Crippen molar-refractivity contribution in [1.82, 2.24) is 15.5 Å². The molecule has 2 heterocycles. The summed E-state index contributed by atoms with van der Waals surface area (Å²) in [6, 6.07) is 9.37. The number of rotatable bonds is 4. The summed E-state index contributed by atoms with van der Waals surface area (Å²) >= 11 is 0. The van der Waals surface area contributed by atoms with Gasteiger partial charge in [-0.25, -0.2) is 0 Å². The molecule has 0 aromatic heterocycles. The van der Waals surface area contributed by atoms with Crippen LogP contribution in [0.15, 0.2) is 30.3 Å². The van der Waals surface area contributed by atoms with E-state index in [9.17, 15) is 9.59 Å². The summed E-state index contributed by atoms with van der Waals surface area (Å²) in [5.41, 5.74) is 0.669. The molecule has 0 spiro atoms. The number of carbonyl (C=O) groups is 2. The van der Waals surface area contributed by atoms with E-state index in [4.69, 9.17) is 0 Å².